The van der Waals surface area contributed by atoms with Crippen LogP contribution in [-0.4, -0.2) is 54.4 Å². The van der Waals surface area contributed by atoms with Gasteiger partial charge in [0.1, 0.15) is 6.29 Å². The van der Waals surface area contributed by atoms with Gasteiger partial charge < -0.3 is 20.3 Å². The second-order valence-corrected chi connectivity index (χ2v) is 10.3. The topological polar surface area (TPSA) is 78.5 Å². The minimum atomic E-state index is -0.566. The van der Waals surface area contributed by atoms with Crippen LogP contribution in [0.25, 0.3) is 0 Å². The zero-order chi connectivity index (χ0) is 23.5. The zero-order valence-corrected chi connectivity index (χ0v) is 20.8. The lowest BCUT2D eigenvalue weighted by Crippen LogP contribution is -2.37. The second-order valence-electron chi connectivity index (χ2n) is 9.18. The van der Waals surface area contributed by atoms with Gasteiger partial charge in [-0.15, -0.1) is 11.8 Å². The fraction of sp³-hybridized carbons (Fsp3) is 0.654. The predicted molar refractivity (Wildman–Crippen MR) is 134 cm³/mol. The van der Waals surface area contributed by atoms with Crippen LogP contribution in [0.3, 0.4) is 0 Å². The van der Waals surface area contributed by atoms with Gasteiger partial charge in [0, 0.05) is 36.5 Å². The molecule has 0 bridgehead atoms. The molecule has 182 valence electrons. The SMILES string of the molecule is CNC(=O)CCC(C=O)N1Cc2c(SCCCCCCCNC3CCCC3)cccc2C1=O. The van der Waals surface area contributed by atoms with E-state index in [-0.39, 0.29) is 18.2 Å². The van der Waals surface area contributed by atoms with E-state index in [1.165, 1.54) is 57.8 Å². The third kappa shape index (κ3) is 7.57. The molecule has 1 heterocycles. The van der Waals surface area contributed by atoms with Crippen molar-refractivity contribution in [3.8, 4) is 0 Å². The third-order valence-corrected chi connectivity index (χ3v) is 8.01. The Balaban J connectivity index is 1.38. The van der Waals surface area contributed by atoms with Gasteiger partial charge in [0.2, 0.25) is 5.91 Å². The van der Waals surface area contributed by atoms with Crippen molar-refractivity contribution in [1.82, 2.24) is 15.5 Å². The van der Waals surface area contributed by atoms with E-state index in [0.29, 0.717) is 18.5 Å². The molecule has 1 atom stereocenters. The highest BCUT2D eigenvalue weighted by atomic mass is 32.2. The summed E-state index contributed by atoms with van der Waals surface area (Å²) in [5.74, 6) is 0.818. The summed E-state index contributed by atoms with van der Waals surface area (Å²) in [5, 5.41) is 6.25. The van der Waals surface area contributed by atoms with Crippen molar-refractivity contribution >= 4 is 29.9 Å². The standard InChI is InChI=1S/C26H39N3O3S/c1-27-25(31)15-14-21(19-30)29-18-23-22(26(29)32)12-9-13-24(23)33-17-8-4-2-3-7-16-28-20-10-5-6-11-20/h9,12-13,19-21,28H,2-8,10-11,14-18H2,1H3,(H,27,31). The van der Waals surface area contributed by atoms with Gasteiger partial charge in [0.05, 0.1) is 6.04 Å². The normalized spacial score (nSPS) is 16.8. The number of unbranched alkanes of at least 4 members (excludes halogenated alkanes) is 4. The Morgan fingerprint density at radius 2 is 1.94 bits per heavy atom. The minimum Gasteiger partial charge on any atom is -0.359 e. The van der Waals surface area contributed by atoms with E-state index in [1.807, 2.05) is 23.9 Å². The number of carbonyl (C=O) groups excluding carboxylic acids is 3. The van der Waals surface area contributed by atoms with Crippen LogP contribution in [0, 0.1) is 0 Å². The third-order valence-electron chi connectivity index (χ3n) is 6.82. The smallest absolute Gasteiger partial charge is 0.255 e. The van der Waals surface area contributed by atoms with Crippen LogP contribution in [-0.2, 0) is 16.1 Å². The van der Waals surface area contributed by atoms with Crippen molar-refractivity contribution in [1.29, 1.82) is 0 Å². The van der Waals surface area contributed by atoms with E-state index in [1.54, 1.807) is 11.9 Å². The predicted octanol–water partition coefficient (Wildman–Crippen LogP) is 4.31. The maximum atomic E-state index is 12.9. The number of nitrogens with zero attached hydrogens (tertiary/aromatic N) is 1. The van der Waals surface area contributed by atoms with E-state index in [0.717, 1.165) is 35.1 Å². The summed E-state index contributed by atoms with van der Waals surface area (Å²) in [6, 6.07) is 6.07. The molecule has 2 amide bonds. The molecule has 0 radical (unpaired) electrons. The van der Waals surface area contributed by atoms with E-state index in [4.69, 9.17) is 0 Å². The molecular formula is C26H39N3O3S. The lowest BCUT2D eigenvalue weighted by atomic mass is 10.1. The van der Waals surface area contributed by atoms with Crippen molar-refractivity contribution in [2.24, 2.45) is 0 Å². The summed E-state index contributed by atoms with van der Waals surface area (Å²) >= 11 is 1.81. The molecule has 7 heteroatoms. The first-order chi connectivity index (χ1) is 16.1. The van der Waals surface area contributed by atoms with Crippen LogP contribution in [0.2, 0.25) is 0 Å². The van der Waals surface area contributed by atoms with Crippen LogP contribution in [0.1, 0.15) is 86.6 Å². The van der Waals surface area contributed by atoms with E-state index < -0.39 is 6.04 Å². The van der Waals surface area contributed by atoms with Crippen molar-refractivity contribution in [2.45, 2.75) is 94.2 Å². The van der Waals surface area contributed by atoms with Crippen molar-refractivity contribution in [3.63, 3.8) is 0 Å². The molecule has 1 fully saturated rings. The Bertz CT molecular complexity index is 795. The van der Waals surface area contributed by atoms with Crippen LogP contribution in [0.5, 0.6) is 0 Å². The van der Waals surface area contributed by atoms with Crippen LogP contribution < -0.4 is 10.6 Å². The average molecular weight is 474 g/mol. The summed E-state index contributed by atoms with van der Waals surface area (Å²) in [7, 11) is 1.58. The fourth-order valence-electron chi connectivity index (χ4n) is 4.81. The van der Waals surface area contributed by atoms with E-state index in [2.05, 4.69) is 16.7 Å². The van der Waals surface area contributed by atoms with Crippen molar-refractivity contribution < 1.29 is 14.4 Å². The van der Waals surface area contributed by atoms with Gasteiger partial charge in [-0.25, -0.2) is 0 Å². The number of rotatable bonds is 15. The quantitative estimate of drug-likeness (QED) is 0.225. The first kappa shape index (κ1) is 25.8. The fourth-order valence-corrected chi connectivity index (χ4v) is 5.90. The molecule has 1 aromatic rings. The molecule has 3 rings (SSSR count). The molecule has 0 aromatic heterocycles. The number of thioether (sulfide) groups is 1. The lowest BCUT2D eigenvalue weighted by molar-refractivity contribution is -0.121. The Kier molecular flexibility index (Phi) is 10.7. The number of aldehydes is 1. The maximum Gasteiger partial charge on any atom is 0.255 e. The molecule has 1 saturated carbocycles. The van der Waals surface area contributed by atoms with E-state index >= 15 is 0 Å². The molecule has 6 nitrogen and oxygen atoms in total. The molecule has 1 aromatic carbocycles. The van der Waals surface area contributed by atoms with Crippen LogP contribution in [0.15, 0.2) is 23.1 Å². The molecule has 2 aliphatic rings. The molecule has 1 aliphatic carbocycles. The Morgan fingerprint density at radius 1 is 1.18 bits per heavy atom. The lowest BCUT2D eigenvalue weighted by Gasteiger charge is -2.22. The first-order valence-corrected chi connectivity index (χ1v) is 13.6. The number of nitrogens with one attached hydrogen (secondary N) is 2. The van der Waals surface area contributed by atoms with Gasteiger partial charge in [0.25, 0.3) is 5.91 Å². The van der Waals surface area contributed by atoms with Crippen LogP contribution >= 0.6 is 11.8 Å². The number of carbonyl (C=O) groups is 3. The summed E-state index contributed by atoms with van der Waals surface area (Å²) in [4.78, 5) is 38.9. The highest BCUT2D eigenvalue weighted by Gasteiger charge is 2.34. The van der Waals surface area contributed by atoms with E-state index in [9.17, 15) is 14.4 Å². The maximum absolute atomic E-state index is 12.9. The van der Waals surface area contributed by atoms with Gasteiger partial charge in [-0.3, -0.25) is 9.59 Å². The van der Waals surface area contributed by atoms with Crippen LogP contribution in [0.4, 0.5) is 0 Å². The number of benzene rings is 1. The Morgan fingerprint density at radius 3 is 2.70 bits per heavy atom. The molecule has 2 N–H and O–H groups in total. The average Bonchev–Trinajstić information content (AvgIpc) is 3.47. The molecule has 0 saturated heterocycles. The van der Waals surface area contributed by atoms with Crippen molar-refractivity contribution in [3.05, 3.63) is 29.3 Å². The molecule has 33 heavy (non-hydrogen) atoms. The molecular weight excluding hydrogens is 434 g/mol. The number of fused-ring (bicyclic) bond motifs is 1. The first-order valence-electron chi connectivity index (χ1n) is 12.6. The number of amides is 2. The monoisotopic (exact) mass is 473 g/mol. The van der Waals surface area contributed by atoms with Gasteiger partial charge in [-0.2, -0.15) is 0 Å². The Labute approximate surface area is 202 Å². The largest absolute Gasteiger partial charge is 0.359 e. The van der Waals surface area contributed by atoms with Gasteiger partial charge in [-0.05, 0) is 62.1 Å². The van der Waals surface area contributed by atoms with Gasteiger partial charge in [0.15, 0.2) is 0 Å². The highest BCUT2D eigenvalue weighted by molar-refractivity contribution is 7.99. The summed E-state index contributed by atoms with van der Waals surface area (Å²) in [6.45, 7) is 1.60. The molecule has 1 unspecified atom stereocenters. The van der Waals surface area contributed by atoms with Gasteiger partial charge in [-0.1, -0.05) is 38.2 Å². The highest BCUT2D eigenvalue weighted by Crippen LogP contribution is 2.34. The summed E-state index contributed by atoms with van der Waals surface area (Å²) in [6.07, 6.45) is 13.1. The zero-order valence-electron chi connectivity index (χ0n) is 19.9. The molecule has 1 aliphatic heterocycles. The number of hydrogen-bond acceptors (Lipinski definition) is 5. The van der Waals surface area contributed by atoms with Crippen molar-refractivity contribution in [2.75, 3.05) is 19.3 Å². The van der Waals surface area contributed by atoms with Gasteiger partial charge >= 0.3 is 0 Å². The number of hydrogen-bond donors (Lipinski definition) is 2. The second kappa shape index (κ2) is 13.8. The minimum absolute atomic E-state index is 0.104. The summed E-state index contributed by atoms with van der Waals surface area (Å²) < 4.78 is 0. The molecule has 0 spiro atoms. The summed E-state index contributed by atoms with van der Waals surface area (Å²) in [5.41, 5.74) is 1.72. The Hall–Kier alpha value is -1.86.